The number of amides is 1. The first-order chi connectivity index (χ1) is 10.2. The van der Waals surface area contributed by atoms with Crippen LogP contribution < -0.4 is 14.8 Å². The lowest BCUT2D eigenvalue weighted by atomic mass is 10.2. The first kappa shape index (κ1) is 14.9. The van der Waals surface area contributed by atoms with Crippen molar-refractivity contribution in [1.82, 2.24) is 5.32 Å². The van der Waals surface area contributed by atoms with Gasteiger partial charge in [-0.3, -0.25) is 4.79 Å². The predicted molar refractivity (Wildman–Crippen MR) is 81.9 cm³/mol. The average molecular weight is 285 g/mol. The summed E-state index contributed by atoms with van der Waals surface area (Å²) in [5.41, 5.74) is 0.647. The van der Waals surface area contributed by atoms with E-state index in [1.54, 1.807) is 19.2 Å². The third-order valence-corrected chi connectivity index (χ3v) is 2.97. The summed E-state index contributed by atoms with van der Waals surface area (Å²) in [4.78, 5) is 12.0. The van der Waals surface area contributed by atoms with Crippen molar-refractivity contribution in [2.45, 2.75) is 13.0 Å². The molecule has 0 aliphatic rings. The Labute approximate surface area is 124 Å². The van der Waals surface area contributed by atoms with Crippen molar-refractivity contribution in [1.29, 1.82) is 0 Å². The molecular weight excluding hydrogens is 266 g/mol. The van der Waals surface area contributed by atoms with Crippen molar-refractivity contribution in [3.63, 3.8) is 0 Å². The van der Waals surface area contributed by atoms with Crippen molar-refractivity contribution in [2.24, 2.45) is 0 Å². The number of rotatable bonds is 6. The molecule has 4 heteroatoms. The smallest absolute Gasteiger partial charge is 0.251 e. The zero-order valence-electron chi connectivity index (χ0n) is 12.2. The summed E-state index contributed by atoms with van der Waals surface area (Å²) >= 11 is 0. The van der Waals surface area contributed by atoms with Crippen molar-refractivity contribution in [2.75, 3.05) is 13.7 Å². The summed E-state index contributed by atoms with van der Waals surface area (Å²) in [5, 5.41) is 2.90. The molecule has 0 bridgehead atoms. The van der Waals surface area contributed by atoms with Crippen LogP contribution in [0, 0.1) is 0 Å². The summed E-state index contributed by atoms with van der Waals surface area (Å²) in [6.45, 7) is 2.31. The van der Waals surface area contributed by atoms with E-state index < -0.39 is 0 Å². The maximum Gasteiger partial charge on any atom is 0.251 e. The van der Waals surface area contributed by atoms with E-state index in [-0.39, 0.29) is 11.9 Å². The van der Waals surface area contributed by atoms with Crippen molar-refractivity contribution >= 4 is 5.91 Å². The van der Waals surface area contributed by atoms with Crippen LogP contribution in [0.1, 0.15) is 17.3 Å². The van der Waals surface area contributed by atoms with E-state index in [0.29, 0.717) is 12.2 Å². The Morgan fingerprint density at radius 1 is 1.05 bits per heavy atom. The molecule has 0 aromatic heterocycles. The number of carbonyl (C=O) groups is 1. The van der Waals surface area contributed by atoms with E-state index in [1.807, 2.05) is 49.4 Å². The molecule has 0 aliphatic carbocycles. The molecule has 2 aromatic carbocycles. The molecule has 1 amide bonds. The monoisotopic (exact) mass is 285 g/mol. The van der Waals surface area contributed by atoms with Crippen molar-refractivity contribution < 1.29 is 14.3 Å². The van der Waals surface area contributed by atoms with Gasteiger partial charge in [0.2, 0.25) is 0 Å². The standard InChI is InChI=1S/C17H19NO3/c1-13(18-17(19)14-6-4-3-5-7-14)12-21-16-10-8-15(20-2)9-11-16/h3-11,13H,12H2,1-2H3,(H,18,19)/t13-/m1/s1. The summed E-state index contributed by atoms with van der Waals surface area (Å²) in [6, 6.07) is 16.4. The third kappa shape index (κ3) is 4.53. The molecule has 4 nitrogen and oxygen atoms in total. The van der Waals surface area contributed by atoms with Crippen LogP contribution >= 0.6 is 0 Å². The summed E-state index contributed by atoms with van der Waals surface area (Å²) < 4.78 is 10.7. The molecule has 2 aromatic rings. The predicted octanol–water partition coefficient (Wildman–Crippen LogP) is 2.89. The highest BCUT2D eigenvalue weighted by molar-refractivity contribution is 5.94. The Hall–Kier alpha value is -2.49. The van der Waals surface area contributed by atoms with Crippen LogP contribution in [-0.4, -0.2) is 25.7 Å². The Kier molecular flexibility index (Phi) is 5.21. The van der Waals surface area contributed by atoms with Gasteiger partial charge in [0.15, 0.2) is 0 Å². The molecule has 21 heavy (non-hydrogen) atoms. The average Bonchev–Trinajstić information content (AvgIpc) is 2.54. The zero-order valence-corrected chi connectivity index (χ0v) is 12.2. The minimum absolute atomic E-state index is 0.0835. The van der Waals surface area contributed by atoms with Crippen LogP contribution in [0.2, 0.25) is 0 Å². The number of benzene rings is 2. The second-order valence-electron chi connectivity index (χ2n) is 4.73. The quantitative estimate of drug-likeness (QED) is 0.887. The van der Waals surface area contributed by atoms with Gasteiger partial charge in [-0.2, -0.15) is 0 Å². The maximum absolute atomic E-state index is 12.0. The van der Waals surface area contributed by atoms with Gasteiger partial charge in [0.05, 0.1) is 13.2 Å². The van der Waals surface area contributed by atoms with E-state index in [0.717, 1.165) is 11.5 Å². The van der Waals surface area contributed by atoms with Gasteiger partial charge in [0, 0.05) is 5.56 Å². The van der Waals surface area contributed by atoms with Gasteiger partial charge in [-0.25, -0.2) is 0 Å². The largest absolute Gasteiger partial charge is 0.497 e. The second kappa shape index (κ2) is 7.33. The lowest BCUT2D eigenvalue weighted by molar-refractivity contribution is 0.0926. The third-order valence-electron chi connectivity index (χ3n) is 2.97. The molecule has 0 saturated heterocycles. The molecule has 0 heterocycles. The normalized spacial score (nSPS) is 11.5. The number of nitrogens with one attached hydrogen (secondary N) is 1. The van der Waals surface area contributed by atoms with Crippen LogP contribution in [0.3, 0.4) is 0 Å². The highest BCUT2D eigenvalue weighted by Gasteiger charge is 2.09. The molecule has 1 atom stereocenters. The highest BCUT2D eigenvalue weighted by Crippen LogP contribution is 2.17. The van der Waals surface area contributed by atoms with E-state index in [4.69, 9.17) is 9.47 Å². The number of hydrogen-bond acceptors (Lipinski definition) is 3. The highest BCUT2D eigenvalue weighted by atomic mass is 16.5. The van der Waals surface area contributed by atoms with Crippen LogP contribution in [-0.2, 0) is 0 Å². The molecule has 0 fully saturated rings. The summed E-state index contributed by atoms with van der Waals surface area (Å²) in [7, 11) is 1.62. The molecule has 1 N–H and O–H groups in total. The lowest BCUT2D eigenvalue weighted by Crippen LogP contribution is -2.36. The van der Waals surface area contributed by atoms with Crippen LogP contribution in [0.15, 0.2) is 54.6 Å². The van der Waals surface area contributed by atoms with E-state index in [9.17, 15) is 4.79 Å². The summed E-state index contributed by atoms with van der Waals surface area (Å²) in [6.07, 6.45) is 0. The van der Waals surface area contributed by atoms with Gasteiger partial charge in [-0.05, 0) is 43.3 Å². The molecule has 110 valence electrons. The van der Waals surface area contributed by atoms with Crippen molar-refractivity contribution in [3.8, 4) is 11.5 Å². The van der Waals surface area contributed by atoms with Gasteiger partial charge in [0.1, 0.15) is 18.1 Å². The molecule has 0 unspecified atom stereocenters. The Bertz CT molecular complexity index is 566. The van der Waals surface area contributed by atoms with E-state index in [2.05, 4.69) is 5.32 Å². The first-order valence-electron chi connectivity index (χ1n) is 6.82. The minimum Gasteiger partial charge on any atom is -0.497 e. The fourth-order valence-corrected chi connectivity index (χ4v) is 1.83. The van der Waals surface area contributed by atoms with Gasteiger partial charge in [-0.1, -0.05) is 18.2 Å². The molecule has 0 spiro atoms. The Morgan fingerprint density at radius 3 is 2.29 bits per heavy atom. The first-order valence-corrected chi connectivity index (χ1v) is 6.82. The number of ether oxygens (including phenoxy) is 2. The number of carbonyl (C=O) groups excluding carboxylic acids is 1. The van der Waals surface area contributed by atoms with E-state index >= 15 is 0 Å². The number of hydrogen-bond donors (Lipinski definition) is 1. The zero-order chi connectivity index (χ0) is 15.1. The molecular formula is C17H19NO3. The summed E-state index contributed by atoms with van der Waals surface area (Å²) in [5.74, 6) is 1.44. The maximum atomic E-state index is 12.0. The lowest BCUT2D eigenvalue weighted by Gasteiger charge is -2.15. The SMILES string of the molecule is COc1ccc(OC[C@@H](C)NC(=O)c2ccccc2)cc1. The van der Waals surface area contributed by atoms with Crippen molar-refractivity contribution in [3.05, 3.63) is 60.2 Å². The Morgan fingerprint density at radius 2 is 1.67 bits per heavy atom. The van der Waals surface area contributed by atoms with Gasteiger partial charge >= 0.3 is 0 Å². The number of methoxy groups -OCH3 is 1. The fraction of sp³-hybridized carbons (Fsp3) is 0.235. The van der Waals surface area contributed by atoms with Gasteiger partial charge in [-0.15, -0.1) is 0 Å². The van der Waals surface area contributed by atoms with Gasteiger partial charge in [0.25, 0.3) is 5.91 Å². The van der Waals surface area contributed by atoms with Crippen LogP contribution in [0.25, 0.3) is 0 Å². The molecule has 0 aliphatic heterocycles. The molecule has 2 rings (SSSR count). The van der Waals surface area contributed by atoms with Gasteiger partial charge < -0.3 is 14.8 Å². The Balaban J connectivity index is 1.81. The van der Waals surface area contributed by atoms with Crippen LogP contribution in [0.5, 0.6) is 11.5 Å². The topological polar surface area (TPSA) is 47.6 Å². The molecule has 0 saturated carbocycles. The fourth-order valence-electron chi connectivity index (χ4n) is 1.83. The second-order valence-corrected chi connectivity index (χ2v) is 4.73. The molecule has 0 radical (unpaired) electrons. The van der Waals surface area contributed by atoms with Crippen LogP contribution in [0.4, 0.5) is 0 Å². The van der Waals surface area contributed by atoms with E-state index in [1.165, 1.54) is 0 Å². The minimum atomic E-state index is -0.0959.